The predicted octanol–water partition coefficient (Wildman–Crippen LogP) is -1.98. The lowest BCUT2D eigenvalue weighted by Gasteiger charge is -2.09. The summed E-state index contributed by atoms with van der Waals surface area (Å²) in [5.41, 5.74) is 0. The molecule has 0 bridgehead atoms. The van der Waals surface area contributed by atoms with Gasteiger partial charge in [0, 0.05) is 6.04 Å². The molecule has 4 atom stereocenters. The van der Waals surface area contributed by atoms with E-state index in [1.54, 1.807) is 6.92 Å². The van der Waals surface area contributed by atoms with Crippen LogP contribution < -0.4 is 5.32 Å². The first-order chi connectivity index (χ1) is 4.13. The molecule has 4 N–H and O–H groups in total. The lowest BCUT2D eigenvalue weighted by Crippen LogP contribution is -2.32. The molecule has 0 saturated carbocycles. The van der Waals surface area contributed by atoms with E-state index in [1.807, 2.05) is 0 Å². The van der Waals surface area contributed by atoms with Crippen molar-refractivity contribution in [3.63, 3.8) is 0 Å². The fourth-order valence-corrected chi connectivity index (χ4v) is 0.949. The van der Waals surface area contributed by atoms with Crippen LogP contribution in [0.4, 0.5) is 0 Å². The predicted molar refractivity (Wildman–Crippen MR) is 30.6 cm³/mol. The number of aliphatic hydroxyl groups excluding tert-OH is 3. The Kier molecular flexibility index (Phi) is 1.72. The van der Waals surface area contributed by atoms with Crippen LogP contribution in [0.3, 0.4) is 0 Å². The fourth-order valence-electron chi connectivity index (χ4n) is 0.949. The minimum atomic E-state index is -1.04. The molecule has 4 heteroatoms. The summed E-state index contributed by atoms with van der Waals surface area (Å²) in [5.74, 6) is 0. The van der Waals surface area contributed by atoms with E-state index in [-0.39, 0.29) is 6.04 Å². The molecule has 0 aromatic rings. The first-order valence-electron chi connectivity index (χ1n) is 2.93. The maximum absolute atomic E-state index is 8.96. The van der Waals surface area contributed by atoms with Gasteiger partial charge in [0.15, 0.2) is 0 Å². The van der Waals surface area contributed by atoms with Crippen molar-refractivity contribution in [2.24, 2.45) is 0 Å². The lowest BCUT2D eigenvalue weighted by molar-refractivity contribution is -0.0233. The minimum absolute atomic E-state index is 0.227. The average Bonchev–Trinajstić information content (AvgIpc) is 1.98. The SMILES string of the molecule is CC1N[C@H](O)[C@@H](O)[C@H]1O. The van der Waals surface area contributed by atoms with Crippen molar-refractivity contribution in [3.05, 3.63) is 0 Å². The second-order valence-electron chi connectivity index (χ2n) is 2.38. The quantitative estimate of drug-likeness (QED) is 0.309. The summed E-state index contributed by atoms with van der Waals surface area (Å²) in [6, 6.07) is -0.227. The highest BCUT2D eigenvalue weighted by Gasteiger charge is 2.36. The molecule has 0 amide bonds. The van der Waals surface area contributed by atoms with Crippen LogP contribution >= 0.6 is 0 Å². The van der Waals surface area contributed by atoms with E-state index in [2.05, 4.69) is 5.32 Å². The smallest absolute Gasteiger partial charge is 0.134 e. The van der Waals surface area contributed by atoms with Crippen molar-refractivity contribution < 1.29 is 15.3 Å². The van der Waals surface area contributed by atoms with Gasteiger partial charge < -0.3 is 15.3 Å². The van der Waals surface area contributed by atoms with Crippen LogP contribution in [0.1, 0.15) is 6.92 Å². The van der Waals surface area contributed by atoms with Crippen LogP contribution in [0.2, 0.25) is 0 Å². The van der Waals surface area contributed by atoms with Gasteiger partial charge in [0.2, 0.25) is 0 Å². The van der Waals surface area contributed by atoms with E-state index in [0.717, 1.165) is 0 Å². The maximum atomic E-state index is 8.96. The van der Waals surface area contributed by atoms with E-state index < -0.39 is 18.4 Å². The van der Waals surface area contributed by atoms with E-state index >= 15 is 0 Å². The van der Waals surface area contributed by atoms with E-state index in [1.165, 1.54) is 0 Å². The molecule has 1 heterocycles. The van der Waals surface area contributed by atoms with E-state index in [4.69, 9.17) is 15.3 Å². The number of hydrogen-bond donors (Lipinski definition) is 4. The summed E-state index contributed by atoms with van der Waals surface area (Å²) in [6.07, 6.45) is -2.87. The number of nitrogens with one attached hydrogen (secondary N) is 1. The van der Waals surface area contributed by atoms with Gasteiger partial charge in [-0.05, 0) is 6.92 Å². The first kappa shape index (κ1) is 6.95. The van der Waals surface area contributed by atoms with Crippen LogP contribution in [-0.2, 0) is 0 Å². The van der Waals surface area contributed by atoms with Gasteiger partial charge in [-0.1, -0.05) is 0 Å². The van der Waals surface area contributed by atoms with E-state index in [9.17, 15) is 0 Å². The minimum Gasteiger partial charge on any atom is -0.389 e. The molecule has 1 saturated heterocycles. The molecule has 1 rings (SSSR count). The molecule has 9 heavy (non-hydrogen) atoms. The van der Waals surface area contributed by atoms with Crippen LogP contribution in [0.15, 0.2) is 0 Å². The number of rotatable bonds is 0. The Hall–Kier alpha value is -0.160. The molecule has 0 spiro atoms. The lowest BCUT2D eigenvalue weighted by atomic mass is 10.2. The monoisotopic (exact) mass is 133 g/mol. The molecule has 0 aliphatic carbocycles. The van der Waals surface area contributed by atoms with Crippen molar-refractivity contribution in [3.8, 4) is 0 Å². The summed E-state index contributed by atoms with van der Waals surface area (Å²) in [5, 5.41) is 29.2. The van der Waals surface area contributed by atoms with Crippen molar-refractivity contribution in [2.75, 3.05) is 0 Å². The Morgan fingerprint density at radius 2 is 1.67 bits per heavy atom. The molecule has 0 aromatic carbocycles. The van der Waals surface area contributed by atoms with Crippen LogP contribution in [0, 0.1) is 0 Å². The topological polar surface area (TPSA) is 72.7 Å². The third-order valence-corrected chi connectivity index (χ3v) is 1.62. The highest BCUT2D eigenvalue weighted by molar-refractivity contribution is 4.90. The molecule has 4 nitrogen and oxygen atoms in total. The second-order valence-corrected chi connectivity index (χ2v) is 2.38. The third-order valence-electron chi connectivity index (χ3n) is 1.62. The molecule has 1 aliphatic heterocycles. The summed E-state index contributed by atoms with van der Waals surface area (Å²) >= 11 is 0. The van der Waals surface area contributed by atoms with Crippen LogP contribution in [0.5, 0.6) is 0 Å². The standard InChI is InChI=1S/C5H11NO3/c1-2-3(7)4(8)5(9)6-2/h2-9H,1H3/t2?,3-,4-,5+/m0/s1. The number of aliphatic hydroxyl groups is 3. The summed E-state index contributed by atoms with van der Waals surface area (Å²) in [6.45, 7) is 1.70. The Morgan fingerprint density at radius 3 is 1.78 bits per heavy atom. The molecule has 1 fully saturated rings. The highest BCUT2D eigenvalue weighted by atomic mass is 16.4. The highest BCUT2D eigenvalue weighted by Crippen LogP contribution is 2.10. The van der Waals surface area contributed by atoms with Gasteiger partial charge in [0.25, 0.3) is 0 Å². The largest absolute Gasteiger partial charge is 0.389 e. The van der Waals surface area contributed by atoms with Crippen molar-refractivity contribution in [1.82, 2.24) is 5.32 Å². The molecule has 54 valence electrons. The molecular weight excluding hydrogens is 122 g/mol. The zero-order chi connectivity index (χ0) is 7.02. The van der Waals surface area contributed by atoms with Crippen molar-refractivity contribution >= 4 is 0 Å². The van der Waals surface area contributed by atoms with Crippen LogP contribution in [0.25, 0.3) is 0 Å². The van der Waals surface area contributed by atoms with Gasteiger partial charge in [0.1, 0.15) is 12.3 Å². The first-order valence-corrected chi connectivity index (χ1v) is 2.93. The number of hydrogen-bond acceptors (Lipinski definition) is 4. The summed E-state index contributed by atoms with van der Waals surface area (Å²) < 4.78 is 0. The Morgan fingerprint density at radius 1 is 1.11 bits per heavy atom. The molecule has 1 aliphatic rings. The van der Waals surface area contributed by atoms with Gasteiger partial charge >= 0.3 is 0 Å². The van der Waals surface area contributed by atoms with Gasteiger partial charge in [-0.2, -0.15) is 0 Å². The zero-order valence-electron chi connectivity index (χ0n) is 5.15. The third kappa shape index (κ3) is 1.07. The summed E-state index contributed by atoms with van der Waals surface area (Å²) in [4.78, 5) is 0. The average molecular weight is 133 g/mol. The van der Waals surface area contributed by atoms with Gasteiger partial charge in [-0.15, -0.1) is 0 Å². The maximum Gasteiger partial charge on any atom is 0.134 e. The van der Waals surface area contributed by atoms with Gasteiger partial charge in [-0.3, -0.25) is 5.32 Å². The Balaban J connectivity index is 2.54. The Bertz CT molecular complexity index is 96.4. The molecular formula is C5H11NO3. The normalized spacial score (nSPS) is 52.0. The van der Waals surface area contributed by atoms with E-state index in [0.29, 0.717) is 0 Å². The molecule has 0 radical (unpaired) electrons. The Labute approximate surface area is 53.1 Å². The molecule has 0 aromatic heterocycles. The van der Waals surface area contributed by atoms with Crippen molar-refractivity contribution in [2.45, 2.75) is 31.4 Å². The second kappa shape index (κ2) is 2.22. The van der Waals surface area contributed by atoms with Gasteiger partial charge in [0.05, 0.1) is 6.10 Å². The van der Waals surface area contributed by atoms with Crippen LogP contribution in [-0.4, -0.2) is 39.8 Å². The fraction of sp³-hybridized carbons (Fsp3) is 1.00. The van der Waals surface area contributed by atoms with Gasteiger partial charge in [-0.25, -0.2) is 0 Å². The zero-order valence-corrected chi connectivity index (χ0v) is 5.15. The summed E-state index contributed by atoms with van der Waals surface area (Å²) in [7, 11) is 0. The molecule has 1 unspecified atom stereocenters. The van der Waals surface area contributed by atoms with Crippen molar-refractivity contribution in [1.29, 1.82) is 0 Å².